The molecule has 2 heterocycles. The molecule has 142 valence electrons. The summed E-state index contributed by atoms with van der Waals surface area (Å²) in [6.45, 7) is 1.67. The number of aromatic carboxylic acids is 1. The van der Waals surface area contributed by atoms with Crippen molar-refractivity contribution in [2.75, 3.05) is 0 Å². The van der Waals surface area contributed by atoms with Gasteiger partial charge in [-0.3, -0.25) is 14.7 Å². The first kappa shape index (κ1) is 18.8. The molecule has 28 heavy (non-hydrogen) atoms. The summed E-state index contributed by atoms with van der Waals surface area (Å²) in [5.74, 6) is -2.28. The number of benzene rings is 1. The second-order valence-corrected chi connectivity index (χ2v) is 6.03. The average molecular weight is 380 g/mol. The van der Waals surface area contributed by atoms with Crippen molar-refractivity contribution in [2.45, 2.75) is 13.5 Å². The zero-order chi connectivity index (χ0) is 20.3. The molecule has 0 spiro atoms. The Bertz CT molecular complexity index is 1060. The van der Waals surface area contributed by atoms with Crippen LogP contribution in [0.25, 0.3) is 5.76 Å². The number of nitrogens with one attached hydrogen (secondary N) is 1. The number of ketones is 2. The van der Waals surface area contributed by atoms with E-state index in [0.717, 1.165) is 18.0 Å². The van der Waals surface area contributed by atoms with E-state index < -0.39 is 17.5 Å². The number of hydrogen-bond acceptors (Lipinski definition) is 6. The van der Waals surface area contributed by atoms with Crippen molar-refractivity contribution in [1.82, 2.24) is 19.7 Å². The molecule has 0 aliphatic carbocycles. The van der Waals surface area contributed by atoms with Gasteiger partial charge in [-0.2, -0.15) is 5.10 Å². The highest BCUT2D eigenvalue weighted by molar-refractivity contribution is 6.05. The fourth-order valence-corrected chi connectivity index (χ4v) is 2.60. The van der Waals surface area contributed by atoms with Crippen molar-refractivity contribution < 1.29 is 24.6 Å². The maximum absolute atomic E-state index is 12.0. The second kappa shape index (κ2) is 7.70. The molecular weight excluding hydrogens is 364 g/mol. The molecule has 0 fully saturated rings. The lowest BCUT2D eigenvalue weighted by Gasteiger charge is -2.07. The molecule has 0 atom stereocenters. The molecule has 3 aromatic rings. The van der Waals surface area contributed by atoms with Gasteiger partial charge in [0.1, 0.15) is 17.8 Å². The fraction of sp³-hybridized carbons (Fsp3) is 0.105. The van der Waals surface area contributed by atoms with Crippen LogP contribution in [-0.4, -0.2) is 47.5 Å². The van der Waals surface area contributed by atoms with E-state index in [0.29, 0.717) is 5.56 Å². The number of carboxylic acid groups (broad SMARTS) is 1. The summed E-state index contributed by atoms with van der Waals surface area (Å²) in [4.78, 5) is 38.6. The van der Waals surface area contributed by atoms with Crippen molar-refractivity contribution in [3.05, 3.63) is 77.1 Å². The topological polar surface area (TPSA) is 138 Å². The summed E-state index contributed by atoms with van der Waals surface area (Å²) < 4.78 is 1.43. The lowest BCUT2D eigenvalue weighted by molar-refractivity contribution is 0.0685. The molecule has 0 aliphatic rings. The molecule has 3 N–H and O–H groups in total. The number of aliphatic hydroxyl groups is 1. The molecule has 9 nitrogen and oxygen atoms in total. The number of hydrogen-bond donors (Lipinski definition) is 3. The van der Waals surface area contributed by atoms with E-state index in [9.17, 15) is 24.6 Å². The normalized spacial score (nSPS) is 11.4. The summed E-state index contributed by atoms with van der Waals surface area (Å²) in [5, 5.41) is 25.6. The summed E-state index contributed by atoms with van der Waals surface area (Å²) >= 11 is 0. The maximum atomic E-state index is 12.0. The lowest BCUT2D eigenvalue weighted by atomic mass is 10.1. The number of H-pyrrole nitrogens is 1. The van der Waals surface area contributed by atoms with Gasteiger partial charge in [-0.15, -0.1) is 0 Å². The van der Waals surface area contributed by atoms with E-state index in [-0.39, 0.29) is 29.4 Å². The highest BCUT2D eigenvalue weighted by Crippen LogP contribution is 2.19. The summed E-state index contributed by atoms with van der Waals surface area (Å²) in [6, 6.07) is 8.05. The smallest absolute Gasteiger partial charge is 0.352 e. The number of allylic oxidation sites excluding steroid dienone is 1. The Balaban J connectivity index is 1.88. The van der Waals surface area contributed by atoms with Crippen LogP contribution in [0.2, 0.25) is 0 Å². The zero-order valence-electron chi connectivity index (χ0n) is 14.8. The first-order chi connectivity index (χ1) is 13.3. The zero-order valence-corrected chi connectivity index (χ0v) is 14.8. The van der Waals surface area contributed by atoms with Crippen LogP contribution >= 0.6 is 0 Å². The number of Topliss-reactive ketones (excluding diaryl/α,β-unsaturated/α-hetero) is 1. The molecule has 0 saturated heterocycles. The fourth-order valence-electron chi connectivity index (χ4n) is 2.60. The SMILES string of the molecule is CC(=O)c1ccc(Cn2cc(C(O)=CC(=O)c3ncn[nH]3)cc2C(=O)O)cc1. The summed E-state index contributed by atoms with van der Waals surface area (Å²) in [7, 11) is 0. The Morgan fingerprint density at radius 2 is 1.86 bits per heavy atom. The number of carbonyl (C=O) groups is 3. The lowest BCUT2D eigenvalue weighted by Crippen LogP contribution is -2.08. The standard InChI is InChI=1S/C19H16N4O5/c1-11(24)13-4-2-12(3-5-13)8-23-9-14(6-15(23)19(27)28)16(25)7-17(26)18-20-10-21-22-18/h2-7,9-10,25H,8H2,1H3,(H,27,28)(H,20,21,22). The monoisotopic (exact) mass is 380 g/mol. The minimum Gasteiger partial charge on any atom is -0.507 e. The van der Waals surface area contributed by atoms with E-state index in [4.69, 9.17) is 0 Å². The Labute approximate surface area is 159 Å². The van der Waals surface area contributed by atoms with Gasteiger partial charge in [-0.1, -0.05) is 24.3 Å². The third-order valence-electron chi connectivity index (χ3n) is 4.04. The van der Waals surface area contributed by atoms with Gasteiger partial charge in [0.05, 0.1) is 0 Å². The molecule has 0 aliphatic heterocycles. The number of aliphatic hydroxyl groups excluding tert-OH is 1. The Morgan fingerprint density at radius 3 is 2.43 bits per heavy atom. The molecule has 0 radical (unpaired) electrons. The van der Waals surface area contributed by atoms with Crippen LogP contribution in [0.5, 0.6) is 0 Å². The van der Waals surface area contributed by atoms with Crippen LogP contribution in [0.4, 0.5) is 0 Å². The number of aromatic amines is 1. The van der Waals surface area contributed by atoms with Gasteiger partial charge in [0.25, 0.3) is 0 Å². The van der Waals surface area contributed by atoms with Crippen LogP contribution in [0.1, 0.15) is 49.5 Å². The molecule has 0 amide bonds. The molecule has 1 aromatic carbocycles. The maximum Gasteiger partial charge on any atom is 0.352 e. The molecule has 3 rings (SSSR count). The summed E-state index contributed by atoms with van der Waals surface area (Å²) in [6.07, 6.45) is 3.53. The number of carbonyl (C=O) groups excluding carboxylic acids is 2. The Kier molecular flexibility index (Phi) is 5.16. The molecule has 0 bridgehead atoms. The Hall–Kier alpha value is -4.01. The molecule has 0 unspecified atom stereocenters. The van der Waals surface area contributed by atoms with Crippen molar-refractivity contribution in [2.24, 2.45) is 0 Å². The number of nitrogens with zero attached hydrogens (tertiary/aromatic N) is 3. The predicted octanol–water partition coefficient (Wildman–Crippen LogP) is 2.34. The van der Waals surface area contributed by atoms with Crippen LogP contribution in [0.15, 0.2) is 48.9 Å². The minimum absolute atomic E-state index is 0.0463. The van der Waals surface area contributed by atoms with Gasteiger partial charge < -0.3 is 14.8 Å². The summed E-state index contributed by atoms with van der Waals surface area (Å²) in [5.41, 5.74) is 1.45. The van der Waals surface area contributed by atoms with Crippen LogP contribution in [-0.2, 0) is 6.54 Å². The van der Waals surface area contributed by atoms with E-state index in [2.05, 4.69) is 15.2 Å². The molecular formula is C19H16N4O5. The predicted molar refractivity (Wildman–Crippen MR) is 98.3 cm³/mol. The highest BCUT2D eigenvalue weighted by atomic mass is 16.4. The van der Waals surface area contributed by atoms with E-state index in [1.54, 1.807) is 24.3 Å². The first-order valence-corrected chi connectivity index (χ1v) is 8.19. The van der Waals surface area contributed by atoms with Gasteiger partial charge in [0.2, 0.25) is 5.78 Å². The number of aromatic nitrogens is 4. The third-order valence-corrected chi connectivity index (χ3v) is 4.04. The minimum atomic E-state index is -1.18. The first-order valence-electron chi connectivity index (χ1n) is 8.19. The molecule has 0 saturated carbocycles. The average Bonchev–Trinajstić information content (AvgIpc) is 3.32. The van der Waals surface area contributed by atoms with E-state index in [1.165, 1.54) is 23.8 Å². The number of carboxylic acids is 1. The van der Waals surface area contributed by atoms with Crippen molar-refractivity contribution in [3.63, 3.8) is 0 Å². The van der Waals surface area contributed by atoms with Gasteiger partial charge in [-0.25, -0.2) is 9.78 Å². The van der Waals surface area contributed by atoms with Crippen molar-refractivity contribution in [1.29, 1.82) is 0 Å². The van der Waals surface area contributed by atoms with Crippen LogP contribution < -0.4 is 0 Å². The van der Waals surface area contributed by atoms with Gasteiger partial charge in [0.15, 0.2) is 11.6 Å². The number of rotatable bonds is 7. The third kappa shape index (κ3) is 4.04. The van der Waals surface area contributed by atoms with E-state index >= 15 is 0 Å². The van der Waals surface area contributed by atoms with E-state index in [1.807, 2.05) is 0 Å². The molecule has 9 heteroatoms. The second-order valence-electron chi connectivity index (χ2n) is 6.03. The quantitative estimate of drug-likeness (QED) is 0.325. The Morgan fingerprint density at radius 1 is 1.14 bits per heavy atom. The van der Waals surface area contributed by atoms with Gasteiger partial charge in [-0.05, 0) is 18.6 Å². The van der Waals surface area contributed by atoms with Gasteiger partial charge in [0, 0.05) is 29.9 Å². The van der Waals surface area contributed by atoms with Crippen molar-refractivity contribution >= 4 is 23.3 Å². The van der Waals surface area contributed by atoms with Crippen molar-refractivity contribution in [3.8, 4) is 0 Å². The van der Waals surface area contributed by atoms with Crippen LogP contribution in [0, 0.1) is 0 Å². The highest BCUT2D eigenvalue weighted by Gasteiger charge is 2.16. The largest absolute Gasteiger partial charge is 0.507 e. The van der Waals surface area contributed by atoms with Crippen LogP contribution in [0.3, 0.4) is 0 Å². The molecule has 2 aromatic heterocycles. The van der Waals surface area contributed by atoms with Gasteiger partial charge >= 0.3 is 5.97 Å².